The molecule has 6 heteroatoms. The summed E-state index contributed by atoms with van der Waals surface area (Å²) in [5.41, 5.74) is 0. The summed E-state index contributed by atoms with van der Waals surface area (Å²) in [5, 5.41) is 0. The van der Waals surface area contributed by atoms with Crippen LogP contribution in [-0.2, 0) is 13.3 Å². The van der Waals surface area contributed by atoms with Crippen LogP contribution >= 0.6 is 22.5 Å². The molecule has 0 aliphatic heterocycles. The van der Waals surface area contributed by atoms with Gasteiger partial charge in [-0.15, -0.1) is 11.7 Å². The van der Waals surface area contributed by atoms with E-state index in [4.69, 9.17) is 13.3 Å². The fourth-order valence-electron chi connectivity index (χ4n) is 2.58. The lowest BCUT2D eigenvalue weighted by Crippen LogP contribution is -2.52. The van der Waals surface area contributed by atoms with Crippen LogP contribution < -0.4 is 0 Å². The molecule has 0 fully saturated rings. The van der Waals surface area contributed by atoms with Crippen LogP contribution in [0.3, 0.4) is 0 Å². The lowest BCUT2D eigenvalue weighted by atomic mass is 10.1. The van der Waals surface area contributed by atoms with E-state index in [2.05, 4.69) is 18.6 Å². The summed E-state index contributed by atoms with van der Waals surface area (Å²) in [5.74, 6) is 0. The van der Waals surface area contributed by atoms with Gasteiger partial charge in [0.15, 0.2) is 0 Å². The maximum Gasteiger partial charge on any atom is 0.514 e. The summed E-state index contributed by atoms with van der Waals surface area (Å²) < 4.78 is 16.6. The Kier molecular flexibility index (Phi) is 14.9. The lowest BCUT2D eigenvalue weighted by Gasteiger charge is -2.30. The van der Waals surface area contributed by atoms with Crippen molar-refractivity contribution in [2.24, 2.45) is 0 Å². The standard InChI is InChI=1S/C15H34O3S2Si/c1-5-6-7-8-9-10-11-12-13-14-15(20-19)21(16-2,17-3)18-4/h15,19H,5-14H2,1-4H3. The summed E-state index contributed by atoms with van der Waals surface area (Å²) in [4.78, 5) is 0.213. The summed E-state index contributed by atoms with van der Waals surface area (Å²) in [7, 11) is 3.98. The third-order valence-corrected chi connectivity index (χ3v) is 9.80. The van der Waals surface area contributed by atoms with E-state index in [0.717, 1.165) is 6.42 Å². The maximum atomic E-state index is 5.55. The number of unbranched alkanes of at least 4 members (excludes halogenated alkanes) is 8. The molecule has 0 bridgehead atoms. The zero-order chi connectivity index (χ0) is 16.0. The van der Waals surface area contributed by atoms with Crippen molar-refractivity contribution >= 4 is 31.3 Å². The van der Waals surface area contributed by atoms with Crippen LogP contribution in [0.1, 0.15) is 71.1 Å². The van der Waals surface area contributed by atoms with Gasteiger partial charge in [0.1, 0.15) is 0 Å². The number of hydrogen-bond acceptors (Lipinski definition) is 5. The first-order chi connectivity index (χ1) is 10.2. The molecule has 0 aromatic carbocycles. The minimum absolute atomic E-state index is 0.213. The quantitative estimate of drug-likeness (QED) is 0.188. The zero-order valence-corrected chi connectivity index (χ0v) is 16.9. The van der Waals surface area contributed by atoms with Crippen molar-refractivity contribution in [3.63, 3.8) is 0 Å². The van der Waals surface area contributed by atoms with E-state index in [9.17, 15) is 0 Å². The van der Waals surface area contributed by atoms with E-state index < -0.39 is 8.80 Å². The second kappa shape index (κ2) is 14.4. The molecule has 21 heavy (non-hydrogen) atoms. The molecule has 0 aliphatic carbocycles. The highest BCUT2D eigenvalue weighted by molar-refractivity contribution is 8.69. The molecule has 1 atom stereocenters. The Bertz CT molecular complexity index is 221. The smallest absolute Gasteiger partial charge is 0.376 e. The van der Waals surface area contributed by atoms with Crippen LogP contribution in [0.15, 0.2) is 0 Å². The fraction of sp³-hybridized carbons (Fsp3) is 1.00. The second-order valence-electron chi connectivity index (χ2n) is 5.43. The van der Waals surface area contributed by atoms with E-state index in [1.54, 1.807) is 21.3 Å². The molecule has 128 valence electrons. The van der Waals surface area contributed by atoms with Crippen LogP contribution in [-0.4, -0.2) is 35.0 Å². The Labute approximate surface area is 142 Å². The lowest BCUT2D eigenvalue weighted by molar-refractivity contribution is 0.120. The molecular weight excluding hydrogens is 320 g/mol. The molecule has 0 saturated carbocycles. The van der Waals surface area contributed by atoms with Gasteiger partial charge in [0.25, 0.3) is 0 Å². The monoisotopic (exact) mass is 354 g/mol. The van der Waals surface area contributed by atoms with Crippen molar-refractivity contribution < 1.29 is 13.3 Å². The van der Waals surface area contributed by atoms with Crippen LogP contribution in [0.4, 0.5) is 0 Å². The van der Waals surface area contributed by atoms with Gasteiger partial charge in [0.2, 0.25) is 0 Å². The van der Waals surface area contributed by atoms with Crippen molar-refractivity contribution in [3.05, 3.63) is 0 Å². The van der Waals surface area contributed by atoms with Gasteiger partial charge in [-0.25, -0.2) is 0 Å². The van der Waals surface area contributed by atoms with Crippen LogP contribution in [0.5, 0.6) is 0 Å². The topological polar surface area (TPSA) is 27.7 Å². The summed E-state index contributed by atoms with van der Waals surface area (Å²) in [6, 6.07) is 0. The van der Waals surface area contributed by atoms with Crippen molar-refractivity contribution in [1.29, 1.82) is 0 Å². The third kappa shape index (κ3) is 8.86. The van der Waals surface area contributed by atoms with Crippen molar-refractivity contribution in [2.45, 2.75) is 76.0 Å². The van der Waals surface area contributed by atoms with Gasteiger partial charge in [-0.2, -0.15) is 0 Å². The Morgan fingerprint density at radius 1 is 0.810 bits per heavy atom. The van der Waals surface area contributed by atoms with Gasteiger partial charge < -0.3 is 13.3 Å². The first kappa shape index (κ1) is 21.8. The van der Waals surface area contributed by atoms with Gasteiger partial charge in [0.05, 0.1) is 4.87 Å². The molecule has 0 amide bonds. The average Bonchev–Trinajstić information content (AvgIpc) is 2.53. The van der Waals surface area contributed by atoms with Crippen molar-refractivity contribution in [2.75, 3.05) is 21.3 Å². The molecule has 0 aliphatic rings. The largest absolute Gasteiger partial charge is 0.514 e. The number of hydrogen-bond donors (Lipinski definition) is 1. The molecule has 0 rings (SSSR count). The molecule has 0 aromatic heterocycles. The highest BCUT2D eigenvalue weighted by Gasteiger charge is 2.47. The van der Waals surface area contributed by atoms with Gasteiger partial charge in [-0.3, -0.25) is 0 Å². The number of thiol groups is 1. The van der Waals surface area contributed by atoms with E-state index in [1.165, 1.54) is 68.6 Å². The van der Waals surface area contributed by atoms with Crippen LogP contribution in [0.25, 0.3) is 0 Å². The normalized spacial score (nSPS) is 13.6. The highest BCUT2D eigenvalue weighted by Crippen LogP contribution is 2.31. The summed E-state index contributed by atoms with van der Waals surface area (Å²) >= 11 is 4.37. The first-order valence-corrected chi connectivity index (χ1v) is 11.9. The average molecular weight is 355 g/mol. The molecule has 0 N–H and O–H groups in total. The third-order valence-electron chi connectivity index (χ3n) is 3.94. The summed E-state index contributed by atoms with van der Waals surface area (Å²) in [6.45, 7) is 2.26. The van der Waals surface area contributed by atoms with Gasteiger partial charge >= 0.3 is 8.80 Å². The molecule has 3 nitrogen and oxygen atoms in total. The molecule has 0 spiro atoms. The Morgan fingerprint density at radius 3 is 1.62 bits per heavy atom. The Balaban J connectivity index is 3.77. The molecule has 0 radical (unpaired) electrons. The van der Waals surface area contributed by atoms with E-state index in [1.807, 2.05) is 0 Å². The van der Waals surface area contributed by atoms with E-state index in [-0.39, 0.29) is 4.87 Å². The zero-order valence-electron chi connectivity index (χ0n) is 14.2. The van der Waals surface area contributed by atoms with E-state index >= 15 is 0 Å². The predicted octanol–water partition coefficient (Wildman–Crippen LogP) is 5.27. The molecule has 1 unspecified atom stereocenters. The minimum Gasteiger partial charge on any atom is -0.376 e. The van der Waals surface area contributed by atoms with Gasteiger partial charge in [0, 0.05) is 21.3 Å². The van der Waals surface area contributed by atoms with Gasteiger partial charge in [-0.1, -0.05) is 75.5 Å². The molecule has 0 heterocycles. The van der Waals surface area contributed by atoms with Crippen LogP contribution in [0, 0.1) is 0 Å². The second-order valence-corrected chi connectivity index (χ2v) is 10.4. The first-order valence-electron chi connectivity index (χ1n) is 8.16. The maximum absolute atomic E-state index is 5.55. The summed E-state index contributed by atoms with van der Waals surface area (Å²) in [6.07, 6.45) is 13.1. The fourth-order valence-corrected chi connectivity index (χ4v) is 7.56. The number of rotatable bonds is 15. The van der Waals surface area contributed by atoms with E-state index in [0.29, 0.717) is 0 Å². The predicted molar refractivity (Wildman–Crippen MR) is 99.0 cm³/mol. The molecule has 0 aromatic rings. The molecule has 0 saturated heterocycles. The van der Waals surface area contributed by atoms with Crippen molar-refractivity contribution in [1.82, 2.24) is 0 Å². The van der Waals surface area contributed by atoms with Crippen molar-refractivity contribution in [3.8, 4) is 0 Å². The Hall–Kier alpha value is 0.797. The van der Waals surface area contributed by atoms with Gasteiger partial charge in [-0.05, 0) is 6.42 Å². The minimum atomic E-state index is -2.55. The van der Waals surface area contributed by atoms with Crippen LogP contribution in [0.2, 0.25) is 0 Å². The molecular formula is C15H34O3S2Si. The Morgan fingerprint density at radius 2 is 1.24 bits per heavy atom. The SMILES string of the molecule is CCCCCCCCCCCC(SS)[Si](OC)(OC)OC. The highest BCUT2D eigenvalue weighted by atomic mass is 33.1.